The molecule has 11 heavy (non-hydrogen) atoms. The second-order valence-corrected chi connectivity index (χ2v) is 3.83. The fourth-order valence-electron chi connectivity index (χ4n) is 2.51. The summed E-state index contributed by atoms with van der Waals surface area (Å²) >= 11 is 0. The van der Waals surface area contributed by atoms with E-state index in [2.05, 4.69) is 11.0 Å². The summed E-state index contributed by atoms with van der Waals surface area (Å²) in [4.78, 5) is 2.37. The summed E-state index contributed by atoms with van der Waals surface area (Å²) in [5, 5.41) is 8.73. The zero-order valence-corrected chi connectivity index (χ0v) is 6.95. The van der Waals surface area contributed by atoms with E-state index in [1.54, 1.807) is 0 Å². The third-order valence-corrected chi connectivity index (χ3v) is 3.14. The zero-order chi connectivity index (χ0) is 7.84. The van der Waals surface area contributed by atoms with Crippen molar-refractivity contribution in [3.8, 4) is 6.07 Å². The van der Waals surface area contributed by atoms with Gasteiger partial charge in [0.05, 0.1) is 12.1 Å². The molecule has 1 aliphatic heterocycles. The smallest absolute Gasteiger partial charge is 0.0951 e. The van der Waals surface area contributed by atoms with Gasteiger partial charge in [-0.05, 0) is 32.1 Å². The SMILES string of the molecule is CC(C#N)N1CC2CCC1C2. The molecule has 1 aliphatic carbocycles. The highest BCUT2D eigenvalue weighted by Gasteiger charge is 2.39. The molecule has 0 radical (unpaired) electrons. The molecular formula is C9H14N2. The Bertz CT molecular complexity index is 194. The first kappa shape index (κ1) is 7.12. The minimum Gasteiger partial charge on any atom is -0.285 e. The van der Waals surface area contributed by atoms with Crippen molar-refractivity contribution < 1.29 is 0 Å². The maximum absolute atomic E-state index is 8.73. The van der Waals surface area contributed by atoms with Crippen molar-refractivity contribution in [1.82, 2.24) is 4.90 Å². The van der Waals surface area contributed by atoms with Gasteiger partial charge in [-0.3, -0.25) is 4.90 Å². The second kappa shape index (κ2) is 2.49. The quantitative estimate of drug-likeness (QED) is 0.564. The fourth-order valence-corrected chi connectivity index (χ4v) is 2.51. The van der Waals surface area contributed by atoms with E-state index in [4.69, 9.17) is 5.26 Å². The lowest BCUT2D eigenvalue weighted by Crippen LogP contribution is -2.38. The molecule has 0 aromatic rings. The number of likely N-dealkylation sites (tertiary alicyclic amines) is 1. The molecule has 0 aromatic carbocycles. The van der Waals surface area contributed by atoms with Crippen LogP contribution in [0, 0.1) is 17.2 Å². The van der Waals surface area contributed by atoms with Crippen molar-refractivity contribution in [3.05, 3.63) is 0 Å². The van der Waals surface area contributed by atoms with Crippen LogP contribution in [0.2, 0.25) is 0 Å². The van der Waals surface area contributed by atoms with Gasteiger partial charge in [0, 0.05) is 12.6 Å². The molecule has 1 saturated heterocycles. The van der Waals surface area contributed by atoms with E-state index >= 15 is 0 Å². The van der Waals surface area contributed by atoms with Gasteiger partial charge in [0.15, 0.2) is 0 Å². The normalized spacial score (nSPS) is 38.9. The van der Waals surface area contributed by atoms with E-state index in [0.29, 0.717) is 0 Å². The number of rotatable bonds is 1. The number of fused-ring (bicyclic) bond motifs is 2. The van der Waals surface area contributed by atoms with Gasteiger partial charge in [-0.2, -0.15) is 5.26 Å². The second-order valence-electron chi connectivity index (χ2n) is 3.83. The standard InChI is InChI=1S/C9H14N2/c1-7(5-10)11-6-8-2-3-9(11)4-8/h7-9H,2-4,6H2,1H3. The van der Waals surface area contributed by atoms with Crippen molar-refractivity contribution in [3.63, 3.8) is 0 Å². The third kappa shape index (κ3) is 1.04. The molecule has 2 fully saturated rings. The van der Waals surface area contributed by atoms with Crippen molar-refractivity contribution in [2.24, 2.45) is 5.92 Å². The Morgan fingerprint density at radius 3 is 2.82 bits per heavy atom. The fraction of sp³-hybridized carbons (Fsp3) is 0.889. The van der Waals surface area contributed by atoms with Crippen LogP contribution in [-0.4, -0.2) is 23.5 Å². The highest BCUT2D eigenvalue weighted by molar-refractivity contribution is 4.99. The maximum atomic E-state index is 8.73. The van der Waals surface area contributed by atoms with Crippen LogP contribution in [0.5, 0.6) is 0 Å². The molecule has 0 aromatic heterocycles. The Hall–Kier alpha value is -0.550. The number of hydrogen-bond donors (Lipinski definition) is 0. The molecule has 0 amide bonds. The molecule has 2 nitrogen and oxygen atoms in total. The Labute approximate surface area is 67.8 Å². The average Bonchev–Trinajstić information content (AvgIpc) is 2.62. The average molecular weight is 150 g/mol. The summed E-state index contributed by atoms with van der Waals surface area (Å²) in [5.41, 5.74) is 0. The number of piperidine rings is 1. The molecule has 2 heteroatoms. The minimum absolute atomic E-state index is 0.144. The topological polar surface area (TPSA) is 27.0 Å². The minimum atomic E-state index is 0.144. The number of nitriles is 1. The van der Waals surface area contributed by atoms with Gasteiger partial charge in [-0.25, -0.2) is 0 Å². The van der Waals surface area contributed by atoms with Gasteiger partial charge >= 0.3 is 0 Å². The van der Waals surface area contributed by atoms with E-state index in [9.17, 15) is 0 Å². The van der Waals surface area contributed by atoms with E-state index < -0.39 is 0 Å². The number of nitrogens with zero attached hydrogens (tertiary/aromatic N) is 2. The Balaban J connectivity index is 2.03. The van der Waals surface area contributed by atoms with E-state index in [1.807, 2.05) is 6.92 Å². The lowest BCUT2D eigenvalue weighted by molar-refractivity contribution is 0.190. The zero-order valence-electron chi connectivity index (χ0n) is 6.95. The molecule has 2 bridgehead atoms. The van der Waals surface area contributed by atoms with Crippen LogP contribution < -0.4 is 0 Å². The van der Waals surface area contributed by atoms with Crippen LogP contribution in [0.4, 0.5) is 0 Å². The summed E-state index contributed by atoms with van der Waals surface area (Å²) in [6.45, 7) is 3.19. The highest BCUT2D eigenvalue weighted by Crippen LogP contribution is 2.38. The first-order valence-electron chi connectivity index (χ1n) is 4.46. The largest absolute Gasteiger partial charge is 0.285 e. The first-order valence-corrected chi connectivity index (χ1v) is 4.46. The van der Waals surface area contributed by atoms with Gasteiger partial charge in [-0.1, -0.05) is 0 Å². The Morgan fingerprint density at radius 2 is 2.36 bits per heavy atom. The van der Waals surface area contributed by atoms with Crippen LogP contribution in [-0.2, 0) is 0 Å². The van der Waals surface area contributed by atoms with Crippen LogP contribution in [0.3, 0.4) is 0 Å². The summed E-state index contributed by atoms with van der Waals surface area (Å²) in [5.74, 6) is 0.913. The van der Waals surface area contributed by atoms with Gasteiger partial charge in [0.2, 0.25) is 0 Å². The van der Waals surface area contributed by atoms with E-state index in [1.165, 1.54) is 25.8 Å². The predicted molar refractivity (Wildman–Crippen MR) is 42.9 cm³/mol. The Kier molecular flexibility index (Phi) is 1.61. The number of hydrogen-bond acceptors (Lipinski definition) is 2. The van der Waals surface area contributed by atoms with Crippen molar-refractivity contribution in [1.29, 1.82) is 5.26 Å². The van der Waals surface area contributed by atoms with Crippen LogP contribution >= 0.6 is 0 Å². The molecule has 2 rings (SSSR count). The van der Waals surface area contributed by atoms with Crippen molar-refractivity contribution in [2.45, 2.75) is 38.3 Å². The van der Waals surface area contributed by atoms with E-state index in [-0.39, 0.29) is 6.04 Å². The molecule has 1 heterocycles. The first-order chi connectivity index (χ1) is 5.31. The Morgan fingerprint density at radius 1 is 1.55 bits per heavy atom. The molecule has 3 unspecified atom stereocenters. The molecule has 3 atom stereocenters. The van der Waals surface area contributed by atoms with Crippen molar-refractivity contribution >= 4 is 0 Å². The third-order valence-electron chi connectivity index (χ3n) is 3.14. The molecular weight excluding hydrogens is 136 g/mol. The summed E-state index contributed by atoms with van der Waals surface area (Å²) in [6.07, 6.45) is 4.09. The van der Waals surface area contributed by atoms with Crippen LogP contribution in [0.25, 0.3) is 0 Å². The van der Waals surface area contributed by atoms with Gasteiger partial charge < -0.3 is 0 Å². The molecule has 0 spiro atoms. The van der Waals surface area contributed by atoms with E-state index in [0.717, 1.165) is 12.0 Å². The lowest BCUT2D eigenvalue weighted by atomic mass is 10.1. The molecule has 1 saturated carbocycles. The molecule has 2 aliphatic rings. The van der Waals surface area contributed by atoms with Gasteiger partial charge in [0.1, 0.15) is 0 Å². The summed E-state index contributed by atoms with van der Waals surface area (Å²) in [7, 11) is 0. The molecule has 60 valence electrons. The van der Waals surface area contributed by atoms with Gasteiger partial charge in [-0.15, -0.1) is 0 Å². The van der Waals surface area contributed by atoms with Gasteiger partial charge in [0.25, 0.3) is 0 Å². The summed E-state index contributed by atoms with van der Waals surface area (Å²) in [6, 6.07) is 3.21. The molecule has 0 N–H and O–H groups in total. The van der Waals surface area contributed by atoms with Crippen LogP contribution in [0.1, 0.15) is 26.2 Å². The maximum Gasteiger partial charge on any atom is 0.0951 e. The van der Waals surface area contributed by atoms with Crippen LogP contribution in [0.15, 0.2) is 0 Å². The monoisotopic (exact) mass is 150 g/mol. The lowest BCUT2D eigenvalue weighted by Gasteiger charge is -2.28. The predicted octanol–water partition coefficient (Wildman–Crippen LogP) is 1.38. The van der Waals surface area contributed by atoms with Crippen molar-refractivity contribution in [2.75, 3.05) is 6.54 Å². The summed E-state index contributed by atoms with van der Waals surface area (Å²) < 4.78 is 0. The highest BCUT2D eigenvalue weighted by atomic mass is 15.2.